The summed E-state index contributed by atoms with van der Waals surface area (Å²) < 4.78 is 32.7. The highest BCUT2D eigenvalue weighted by Crippen LogP contribution is 2.20. The molecule has 2 rings (SSSR count). The van der Waals surface area contributed by atoms with E-state index in [0.29, 0.717) is 4.47 Å². The van der Waals surface area contributed by atoms with Crippen molar-refractivity contribution in [1.82, 2.24) is 0 Å². The van der Waals surface area contributed by atoms with Crippen LogP contribution >= 0.6 is 15.9 Å². The molecule has 0 aliphatic carbocycles. The molecule has 0 atom stereocenters. The summed E-state index contributed by atoms with van der Waals surface area (Å²) in [5.41, 5.74) is 6.24. The zero-order chi connectivity index (χ0) is 15.6. The zero-order valence-corrected chi connectivity index (χ0v) is 12.7. The van der Waals surface area contributed by atoms with Crippen LogP contribution in [0.3, 0.4) is 0 Å². The van der Waals surface area contributed by atoms with Gasteiger partial charge in [-0.05, 0) is 37.3 Å². The van der Waals surface area contributed by atoms with Gasteiger partial charge in [0.15, 0.2) is 0 Å². The fourth-order valence-electron chi connectivity index (χ4n) is 1.70. The number of rotatable bonds is 3. The number of hydrogen-bond acceptors (Lipinski definition) is 3. The molecular formula is C15H12BrF2NO2. The van der Waals surface area contributed by atoms with Crippen LogP contribution in [0.2, 0.25) is 0 Å². The van der Waals surface area contributed by atoms with Crippen molar-refractivity contribution in [3.8, 4) is 0 Å². The first-order chi connectivity index (χ1) is 9.88. The molecule has 0 spiro atoms. The molecule has 2 aromatic carbocycles. The summed E-state index contributed by atoms with van der Waals surface area (Å²) in [6, 6.07) is 6.68. The molecule has 0 aliphatic heterocycles. The summed E-state index contributed by atoms with van der Waals surface area (Å²) in [6.07, 6.45) is 0. The van der Waals surface area contributed by atoms with E-state index < -0.39 is 17.6 Å². The molecule has 0 saturated heterocycles. The van der Waals surface area contributed by atoms with Crippen LogP contribution in [-0.2, 0) is 11.3 Å². The summed E-state index contributed by atoms with van der Waals surface area (Å²) >= 11 is 3.20. The lowest BCUT2D eigenvalue weighted by Gasteiger charge is -2.08. The van der Waals surface area contributed by atoms with Gasteiger partial charge < -0.3 is 10.5 Å². The van der Waals surface area contributed by atoms with Crippen molar-refractivity contribution in [2.24, 2.45) is 0 Å². The van der Waals surface area contributed by atoms with Gasteiger partial charge in [-0.15, -0.1) is 0 Å². The molecule has 6 heteroatoms. The van der Waals surface area contributed by atoms with E-state index in [0.717, 1.165) is 6.07 Å². The third-order valence-electron chi connectivity index (χ3n) is 2.99. The lowest BCUT2D eigenvalue weighted by atomic mass is 10.1. The second-order valence-corrected chi connectivity index (χ2v) is 5.40. The van der Waals surface area contributed by atoms with Crippen LogP contribution in [0.15, 0.2) is 34.8 Å². The Morgan fingerprint density at radius 3 is 2.62 bits per heavy atom. The van der Waals surface area contributed by atoms with Gasteiger partial charge in [0.1, 0.15) is 18.2 Å². The van der Waals surface area contributed by atoms with Gasteiger partial charge in [0, 0.05) is 21.3 Å². The molecule has 0 radical (unpaired) electrons. The number of nitrogen functional groups attached to an aromatic ring is 1. The molecule has 2 N–H and O–H groups in total. The molecular weight excluding hydrogens is 344 g/mol. The van der Waals surface area contributed by atoms with Crippen molar-refractivity contribution >= 4 is 27.6 Å². The monoisotopic (exact) mass is 355 g/mol. The summed E-state index contributed by atoms with van der Waals surface area (Å²) in [5, 5.41) is 0. The van der Waals surface area contributed by atoms with Gasteiger partial charge in [-0.25, -0.2) is 13.6 Å². The predicted octanol–water partition coefficient (Wildman–Crippen LogP) is 3.97. The Kier molecular flexibility index (Phi) is 4.57. The largest absolute Gasteiger partial charge is 0.457 e. The van der Waals surface area contributed by atoms with Crippen molar-refractivity contribution in [2.45, 2.75) is 13.5 Å². The lowest BCUT2D eigenvalue weighted by molar-refractivity contribution is 0.0468. The number of halogens is 3. The van der Waals surface area contributed by atoms with Crippen LogP contribution in [-0.4, -0.2) is 5.97 Å². The Morgan fingerprint density at radius 1 is 1.24 bits per heavy atom. The van der Waals surface area contributed by atoms with Crippen molar-refractivity contribution in [3.63, 3.8) is 0 Å². The van der Waals surface area contributed by atoms with E-state index in [9.17, 15) is 13.6 Å². The van der Waals surface area contributed by atoms with Crippen molar-refractivity contribution in [3.05, 3.63) is 63.1 Å². The molecule has 0 aliphatic rings. The molecule has 2 aromatic rings. The minimum atomic E-state index is -0.764. The Bertz CT molecular complexity index is 681. The summed E-state index contributed by atoms with van der Waals surface area (Å²) in [6.45, 7) is 1.26. The van der Waals surface area contributed by atoms with Crippen LogP contribution in [0.25, 0.3) is 0 Å². The highest BCUT2D eigenvalue weighted by Gasteiger charge is 2.13. The van der Waals surface area contributed by atoms with Gasteiger partial charge in [-0.3, -0.25) is 0 Å². The third kappa shape index (κ3) is 3.58. The molecule has 0 amide bonds. The molecule has 110 valence electrons. The average Bonchev–Trinajstić information content (AvgIpc) is 2.44. The number of benzene rings is 2. The average molecular weight is 356 g/mol. The maximum Gasteiger partial charge on any atom is 0.338 e. The number of hydrogen-bond donors (Lipinski definition) is 1. The molecule has 3 nitrogen and oxygen atoms in total. The summed E-state index contributed by atoms with van der Waals surface area (Å²) in [5.74, 6) is -1.84. The van der Waals surface area contributed by atoms with Gasteiger partial charge in [-0.1, -0.05) is 15.9 Å². The van der Waals surface area contributed by atoms with E-state index in [4.69, 9.17) is 10.5 Å². The predicted molar refractivity (Wildman–Crippen MR) is 78.8 cm³/mol. The van der Waals surface area contributed by atoms with Crippen LogP contribution in [0, 0.1) is 18.6 Å². The van der Waals surface area contributed by atoms with Crippen LogP contribution in [0.4, 0.5) is 14.5 Å². The Hall–Kier alpha value is -1.95. The highest BCUT2D eigenvalue weighted by molar-refractivity contribution is 9.10. The normalized spacial score (nSPS) is 10.5. The van der Waals surface area contributed by atoms with E-state index in [1.807, 2.05) is 0 Å². The maximum absolute atomic E-state index is 13.5. The first kappa shape index (κ1) is 15.4. The summed E-state index contributed by atoms with van der Waals surface area (Å²) in [7, 11) is 0. The first-order valence-corrected chi connectivity index (χ1v) is 6.84. The molecule has 0 aromatic heterocycles. The van der Waals surface area contributed by atoms with Crippen LogP contribution in [0.5, 0.6) is 0 Å². The molecule has 0 unspecified atom stereocenters. The SMILES string of the molecule is Cc1c(N)cc(C(=O)OCc2cc(Br)ccc2F)cc1F. The number of carbonyl (C=O) groups is 1. The number of esters is 1. The molecule has 0 heterocycles. The fraction of sp³-hybridized carbons (Fsp3) is 0.133. The number of nitrogens with two attached hydrogens (primary N) is 1. The quantitative estimate of drug-likeness (QED) is 0.669. The van der Waals surface area contributed by atoms with E-state index in [-0.39, 0.29) is 29.0 Å². The topological polar surface area (TPSA) is 52.3 Å². The van der Waals surface area contributed by atoms with Crippen LogP contribution < -0.4 is 5.73 Å². The zero-order valence-electron chi connectivity index (χ0n) is 11.1. The van der Waals surface area contributed by atoms with Gasteiger partial charge in [-0.2, -0.15) is 0 Å². The molecule has 0 fully saturated rings. The van der Waals surface area contributed by atoms with Gasteiger partial charge >= 0.3 is 5.97 Å². The number of carbonyl (C=O) groups excluding carboxylic acids is 1. The van der Waals surface area contributed by atoms with E-state index >= 15 is 0 Å². The second kappa shape index (κ2) is 6.22. The maximum atomic E-state index is 13.5. The van der Waals surface area contributed by atoms with Crippen molar-refractivity contribution < 1.29 is 18.3 Å². The highest BCUT2D eigenvalue weighted by atomic mass is 79.9. The smallest absolute Gasteiger partial charge is 0.338 e. The third-order valence-corrected chi connectivity index (χ3v) is 3.48. The minimum Gasteiger partial charge on any atom is -0.457 e. The molecule has 21 heavy (non-hydrogen) atoms. The Morgan fingerprint density at radius 2 is 1.95 bits per heavy atom. The fourth-order valence-corrected chi connectivity index (χ4v) is 2.11. The van der Waals surface area contributed by atoms with Crippen LogP contribution in [0.1, 0.15) is 21.5 Å². The summed E-state index contributed by atoms with van der Waals surface area (Å²) in [4.78, 5) is 11.9. The second-order valence-electron chi connectivity index (χ2n) is 4.48. The molecule has 0 bridgehead atoms. The number of ether oxygens (including phenoxy) is 1. The Labute approximate surface area is 128 Å². The van der Waals surface area contributed by atoms with E-state index in [1.54, 1.807) is 0 Å². The molecule has 0 saturated carbocycles. The van der Waals surface area contributed by atoms with E-state index in [2.05, 4.69) is 15.9 Å². The lowest BCUT2D eigenvalue weighted by Crippen LogP contribution is -2.08. The van der Waals surface area contributed by atoms with Crippen molar-refractivity contribution in [2.75, 3.05) is 5.73 Å². The minimum absolute atomic E-state index is 0.00833. The van der Waals surface area contributed by atoms with Gasteiger partial charge in [0.2, 0.25) is 0 Å². The van der Waals surface area contributed by atoms with E-state index in [1.165, 1.54) is 31.2 Å². The Balaban J connectivity index is 2.13. The number of anilines is 1. The van der Waals surface area contributed by atoms with Gasteiger partial charge in [0.25, 0.3) is 0 Å². The standard InChI is InChI=1S/C15H12BrF2NO2/c1-8-13(18)5-9(6-14(8)19)15(20)21-7-10-4-11(16)2-3-12(10)17/h2-6H,7,19H2,1H3. The van der Waals surface area contributed by atoms with Gasteiger partial charge in [0.05, 0.1) is 5.56 Å². The first-order valence-electron chi connectivity index (χ1n) is 6.05. The van der Waals surface area contributed by atoms with Crippen molar-refractivity contribution in [1.29, 1.82) is 0 Å².